The number of fused-ring (bicyclic) bond motifs is 1. The van der Waals surface area contributed by atoms with E-state index in [1.54, 1.807) is 17.0 Å². The van der Waals surface area contributed by atoms with Crippen molar-refractivity contribution in [2.24, 2.45) is 0 Å². The summed E-state index contributed by atoms with van der Waals surface area (Å²) in [5.74, 6) is -0.134. The van der Waals surface area contributed by atoms with E-state index in [-0.39, 0.29) is 18.3 Å². The minimum absolute atomic E-state index is 0. The van der Waals surface area contributed by atoms with Gasteiger partial charge in [-0.3, -0.25) is 9.69 Å². The molecule has 1 heterocycles. The highest BCUT2D eigenvalue weighted by molar-refractivity contribution is 9.10. The topological polar surface area (TPSA) is 36.4 Å². The van der Waals surface area contributed by atoms with Crippen molar-refractivity contribution in [3.63, 3.8) is 0 Å². The van der Waals surface area contributed by atoms with Gasteiger partial charge in [0.05, 0.1) is 20.8 Å². The van der Waals surface area contributed by atoms with Crippen LogP contribution < -0.4 is 4.90 Å². The van der Waals surface area contributed by atoms with E-state index in [1.807, 2.05) is 49.3 Å². The Labute approximate surface area is 176 Å². The van der Waals surface area contributed by atoms with E-state index in [2.05, 4.69) is 20.9 Å². The summed E-state index contributed by atoms with van der Waals surface area (Å²) in [4.78, 5) is 21.5. The zero-order valence-corrected chi connectivity index (χ0v) is 18.3. The number of hydrogen-bond acceptors (Lipinski definition) is 4. The Morgan fingerprint density at radius 3 is 2.62 bits per heavy atom. The van der Waals surface area contributed by atoms with E-state index in [1.165, 1.54) is 11.3 Å². The number of aromatic nitrogens is 1. The monoisotopic (exact) mass is 473 g/mol. The van der Waals surface area contributed by atoms with E-state index in [4.69, 9.17) is 11.6 Å². The predicted molar refractivity (Wildman–Crippen MR) is 116 cm³/mol. The predicted octanol–water partition coefficient (Wildman–Crippen LogP) is 5.34. The molecule has 1 aromatic heterocycles. The zero-order valence-electron chi connectivity index (χ0n) is 14.3. The van der Waals surface area contributed by atoms with Crippen molar-refractivity contribution in [1.82, 2.24) is 9.88 Å². The van der Waals surface area contributed by atoms with Crippen LogP contribution in [0.3, 0.4) is 0 Å². The molecule has 0 atom stereocenters. The first kappa shape index (κ1) is 21.1. The van der Waals surface area contributed by atoms with E-state index >= 15 is 0 Å². The maximum Gasteiger partial charge on any atom is 0.261 e. The highest BCUT2D eigenvalue weighted by Gasteiger charge is 2.23. The van der Waals surface area contributed by atoms with E-state index in [9.17, 15) is 4.79 Å². The maximum atomic E-state index is 13.1. The molecule has 0 aliphatic rings. The molecule has 2 aromatic carbocycles. The summed E-state index contributed by atoms with van der Waals surface area (Å²) in [7, 11) is 3.96. The van der Waals surface area contributed by atoms with Crippen molar-refractivity contribution >= 4 is 72.5 Å². The second kappa shape index (κ2) is 9.15. The molecule has 26 heavy (non-hydrogen) atoms. The molecule has 0 aliphatic carbocycles. The van der Waals surface area contributed by atoms with Gasteiger partial charge in [0.2, 0.25) is 0 Å². The second-order valence-corrected chi connectivity index (χ2v) is 8.18. The molecule has 3 aromatic rings. The summed E-state index contributed by atoms with van der Waals surface area (Å²) in [5.41, 5.74) is 1.37. The molecule has 4 nitrogen and oxygen atoms in total. The molecule has 0 fully saturated rings. The highest BCUT2D eigenvalue weighted by Crippen LogP contribution is 2.32. The first-order valence-corrected chi connectivity index (χ1v) is 9.71. The third kappa shape index (κ3) is 4.75. The van der Waals surface area contributed by atoms with Crippen molar-refractivity contribution in [2.75, 3.05) is 32.1 Å². The van der Waals surface area contributed by atoms with Crippen LogP contribution in [0.25, 0.3) is 10.2 Å². The van der Waals surface area contributed by atoms with Crippen molar-refractivity contribution < 1.29 is 4.79 Å². The number of likely N-dealkylation sites (N-methyl/N-ethyl adjacent to an activating group) is 1. The Morgan fingerprint density at radius 2 is 1.92 bits per heavy atom. The van der Waals surface area contributed by atoms with Crippen LogP contribution in [0.4, 0.5) is 5.13 Å². The SMILES string of the molecule is CN(C)CCN(C(=O)c1ccccc1Cl)c1nc2ccc(Br)cc2s1.Cl. The minimum atomic E-state index is -0.134. The standard InChI is InChI=1S/C18H17BrClN3OS.ClH/c1-22(2)9-10-23(17(24)13-5-3-4-6-14(13)20)18-21-15-8-7-12(19)11-16(15)25-18;/h3-8,11H,9-10H2,1-2H3;1H. The van der Waals surface area contributed by atoms with Gasteiger partial charge in [0.25, 0.3) is 5.91 Å². The lowest BCUT2D eigenvalue weighted by molar-refractivity contribution is 0.0985. The summed E-state index contributed by atoms with van der Waals surface area (Å²) in [6.07, 6.45) is 0. The molecule has 1 amide bonds. The average Bonchev–Trinajstić information content (AvgIpc) is 2.97. The first-order chi connectivity index (χ1) is 12.0. The van der Waals surface area contributed by atoms with Crippen LogP contribution in [0, 0.1) is 0 Å². The number of hydrogen-bond donors (Lipinski definition) is 0. The van der Waals surface area contributed by atoms with Crippen LogP contribution in [0.5, 0.6) is 0 Å². The van der Waals surface area contributed by atoms with Gasteiger partial charge in [0, 0.05) is 17.6 Å². The third-order valence-corrected chi connectivity index (χ3v) is 5.55. The Morgan fingerprint density at radius 1 is 1.19 bits per heavy atom. The quantitative estimate of drug-likeness (QED) is 0.500. The Hall–Kier alpha value is -1.18. The number of carbonyl (C=O) groups is 1. The summed E-state index contributed by atoms with van der Waals surface area (Å²) >= 11 is 11.2. The van der Waals surface area contributed by atoms with Crippen LogP contribution in [0.2, 0.25) is 5.02 Å². The number of rotatable bonds is 5. The van der Waals surface area contributed by atoms with Crippen molar-refractivity contribution in [3.8, 4) is 0 Å². The number of anilines is 1. The molecular weight excluding hydrogens is 457 g/mol. The second-order valence-electron chi connectivity index (χ2n) is 5.85. The summed E-state index contributed by atoms with van der Waals surface area (Å²) in [6, 6.07) is 13.0. The Bertz CT molecular complexity index is 916. The van der Waals surface area contributed by atoms with Gasteiger partial charge in [-0.25, -0.2) is 4.98 Å². The molecule has 138 valence electrons. The number of halogens is 3. The van der Waals surface area contributed by atoms with Gasteiger partial charge < -0.3 is 4.90 Å². The Balaban J connectivity index is 0.00000243. The van der Waals surface area contributed by atoms with Crippen molar-refractivity contribution in [1.29, 1.82) is 0 Å². The molecule has 0 unspecified atom stereocenters. The fourth-order valence-corrected chi connectivity index (χ4v) is 4.12. The number of amides is 1. The molecule has 3 rings (SSSR count). The van der Waals surface area contributed by atoms with Crippen LogP contribution in [-0.4, -0.2) is 43.0 Å². The summed E-state index contributed by atoms with van der Waals surface area (Å²) in [6.45, 7) is 1.27. The first-order valence-electron chi connectivity index (χ1n) is 7.73. The van der Waals surface area contributed by atoms with Gasteiger partial charge in [-0.05, 0) is 44.4 Å². The maximum absolute atomic E-state index is 13.1. The summed E-state index contributed by atoms with van der Waals surface area (Å²) < 4.78 is 2.03. The third-order valence-electron chi connectivity index (χ3n) is 3.69. The lowest BCUT2D eigenvalue weighted by Gasteiger charge is -2.22. The fraction of sp³-hybridized carbons (Fsp3) is 0.222. The molecule has 0 radical (unpaired) electrons. The van der Waals surface area contributed by atoms with Gasteiger partial charge in [-0.15, -0.1) is 12.4 Å². The van der Waals surface area contributed by atoms with Crippen molar-refractivity contribution in [2.45, 2.75) is 0 Å². The molecule has 0 N–H and O–H groups in total. The van der Waals surface area contributed by atoms with Gasteiger partial charge in [0.15, 0.2) is 5.13 Å². The molecule has 0 aliphatic heterocycles. The Kier molecular flexibility index (Phi) is 7.43. The van der Waals surface area contributed by atoms with Crippen molar-refractivity contribution in [3.05, 3.63) is 57.5 Å². The fourth-order valence-electron chi connectivity index (χ4n) is 2.37. The lowest BCUT2D eigenvalue weighted by Crippen LogP contribution is -2.36. The molecule has 0 saturated heterocycles. The van der Waals surface area contributed by atoms with E-state index < -0.39 is 0 Å². The highest BCUT2D eigenvalue weighted by atomic mass is 79.9. The number of thiazole rings is 1. The molecular formula is C18H18BrCl2N3OS. The lowest BCUT2D eigenvalue weighted by atomic mass is 10.2. The molecule has 0 saturated carbocycles. The van der Waals surface area contributed by atoms with Gasteiger partial charge in [-0.2, -0.15) is 0 Å². The van der Waals surface area contributed by atoms with E-state index in [0.29, 0.717) is 22.3 Å². The van der Waals surface area contributed by atoms with Gasteiger partial charge in [0.1, 0.15) is 0 Å². The molecule has 8 heteroatoms. The largest absolute Gasteiger partial charge is 0.308 e. The normalized spacial score (nSPS) is 10.8. The minimum Gasteiger partial charge on any atom is -0.308 e. The van der Waals surface area contributed by atoms with Crippen LogP contribution in [0.1, 0.15) is 10.4 Å². The van der Waals surface area contributed by atoms with Gasteiger partial charge in [-0.1, -0.05) is 51.0 Å². The smallest absolute Gasteiger partial charge is 0.261 e. The van der Waals surface area contributed by atoms with Crippen LogP contribution >= 0.6 is 51.3 Å². The molecule has 0 spiro atoms. The molecule has 0 bridgehead atoms. The van der Waals surface area contributed by atoms with E-state index in [0.717, 1.165) is 21.2 Å². The zero-order chi connectivity index (χ0) is 18.0. The summed E-state index contributed by atoms with van der Waals surface area (Å²) in [5, 5.41) is 1.13. The number of benzene rings is 2. The van der Waals surface area contributed by atoms with Crippen LogP contribution in [0.15, 0.2) is 46.9 Å². The van der Waals surface area contributed by atoms with Crippen LogP contribution in [-0.2, 0) is 0 Å². The number of carbonyl (C=O) groups excluding carboxylic acids is 1. The number of nitrogens with zero attached hydrogens (tertiary/aromatic N) is 3. The average molecular weight is 475 g/mol. The van der Waals surface area contributed by atoms with Gasteiger partial charge >= 0.3 is 0 Å².